The molecule has 1 unspecified atom stereocenters. The molecule has 0 radical (unpaired) electrons. The van der Waals surface area contributed by atoms with E-state index in [9.17, 15) is 14.9 Å². The van der Waals surface area contributed by atoms with E-state index in [1.54, 1.807) is 11.0 Å². The third kappa shape index (κ3) is 5.03. The van der Waals surface area contributed by atoms with Crippen LogP contribution in [0.2, 0.25) is 5.02 Å². The van der Waals surface area contributed by atoms with E-state index in [4.69, 9.17) is 11.6 Å². The highest BCUT2D eigenvalue weighted by molar-refractivity contribution is 7.15. The van der Waals surface area contributed by atoms with Crippen molar-refractivity contribution in [3.8, 4) is 0 Å². The van der Waals surface area contributed by atoms with Crippen LogP contribution in [0.3, 0.4) is 0 Å². The third-order valence-corrected chi connectivity index (χ3v) is 5.78. The number of likely N-dealkylation sites (tertiary alicyclic amines) is 1. The Morgan fingerprint density at radius 3 is 2.65 bits per heavy atom. The second-order valence-corrected chi connectivity index (χ2v) is 8.13. The number of rotatable bonds is 8. The monoisotopic (exact) mass is 393 g/mol. The Labute approximate surface area is 161 Å². The fourth-order valence-corrected chi connectivity index (χ4v) is 4.26. The van der Waals surface area contributed by atoms with Gasteiger partial charge in [0.2, 0.25) is 6.41 Å². The van der Waals surface area contributed by atoms with Crippen molar-refractivity contribution in [1.29, 1.82) is 0 Å². The van der Waals surface area contributed by atoms with Gasteiger partial charge in [0.15, 0.2) is 0 Å². The van der Waals surface area contributed by atoms with E-state index in [-0.39, 0.29) is 9.92 Å². The van der Waals surface area contributed by atoms with Crippen LogP contribution in [0.5, 0.6) is 0 Å². The minimum atomic E-state index is -0.351. The van der Waals surface area contributed by atoms with Gasteiger partial charge in [-0.3, -0.25) is 19.8 Å². The molecule has 3 rings (SSSR count). The fourth-order valence-electron chi connectivity index (χ4n) is 3.28. The lowest BCUT2D eigenvalue weighted by molar-refractivity contribution is -0.380. The minimum Gasteiger partial charge on any atom is -0.345 e. The van der Waals surface area contributed by atoms with Crippen LogP contribution in [-0.4, -0.2) is 40.8 Å². The Balaban J connectivity index is 1.70. The van der Waals surface area contributed by atoms with Crippen LogP contribution in [0.4, 0.5) is 5.00 Å². The number of amides is 1. The summed E-state index contributed by atoms with van der Waals surface area (Å²) in [5.41, 5.74) is 1.14. The van der Waals surface area contributed by atoms with Crippen LogP contribution in [0, 0.1) is 16.0 Å². The molecule has 1 aromatic carbocycles. The van der Waals surface area contributed by atoms with Crippen LogP contribution in [0.1, 0.15) is 16.9 Å². The molecule has 1 aliphatic heterocycles. The van der Waals surface area contributed by atoms with E-state index in [2.05, 4.69) is 4.90 Å². The lowest BCUT2D eigenvalue weighted by atomic mass is 10.1. The molecule has 2 aromatic rings. The molecule has 1 aliphatic rings. The normalized spacial score (nSPS) is 17.0. The maximum Gasteiger partial charge on any atom is 0.324 e. The van der Waals surface area contributed by atoms with Crippen LogP contribution in [0.25, 0.3) is 0 Å². The molecule has 1 atom stereocenters. The first-order valence-electron chi connectivity index (χ1n) is 8.42. The molecule has 1 saturated heterocycles. The van der Waals surface area contributed by atoms with Crippen molar-refractivity contribution in [2.45, 2.75) is 19.5 Å². The van der Waals surface area contributed by atoms with Gasteiger partial charge in [0.1, 0.15) is 0 Å². The number of hydrogen-bond donors (Lipinski definition) is 0. The SMILES string of the molecule is O=CN1CCC(CN(Cc2ccc(Cl)cc2)Cc2ccc([N+](=O)[O-])s2)C1. The molecule has 0 aliphatic carbocycles. The average Bonchev–Trinajstić information content (AvgIpc) is 3.26. The highest BCUT2D eigenvalue weighted by Gasteiger charge is 2.24. The van der Waals surface area contributed by atoms with E-state index < -0.39 is 0 Å². The van der Waals surface area contributed by atoms with Crippen LogP contribution in [0.15, 0.2) is 36.4 Å². The molecule has 6 nitrogen and oxygen atoms in total. The van der Waals surface area contributed by atoms with Crippen molar-refractivity contribution < 1.29 is 9.72 Å². The standard InChI is InChI=1S/C18H20ClN3O3S/c19-16-3-1-14(2-4-16)9-21(11-15-7-8-20(10-15)13-23)12-17-5-6-18(26-17)22(24)25/h1-6,13,15H,7-12H2. The smallest absolute Gasteiger partial charge is 0.324 e. The van der Waals surface area contributed by atoms with Crippen molar-refractivity contribution in [2.24, 2.45) is 5.92 Å². The van der Waals surface area contributed by atoms with Gasteiger partial charge in [0.25, 0.3) is 0 Å². The molecule has 1 aromatic heterocycles. The molecule has 8 heteroatoms. The number of thiophene rings is 1. The van der Waals surface area contributed by atoms with Crippen molar-refractivity contribution in [3.63, 3.8) is 0 Å². The zero-order valence-electron chi connectivity index (χ0n) is 14.2. The summed E-state index contributed by atoms with van der Waals surface area (Å²) < 4.78 is 0. The Kier molecular flexibility index (Phi) is 6.24. The van der Waals surface area contributed by atoms with Crippen LogP contribution < -0.4 is 0 Å². The third-order valence-electron chi connectivity index (χ3n) is 4.51. The first-order valence-corrected chi connectivity index (χ1v) is 9.62. The summed E-state index contributed by atoms with van der Waals surface area (Å²) in [7, 11) is 0. The van der Waals surface area contributed by atoms with Crippen LogP contribution in [-0.2, 0) is 17.9 Å². The Morgan fingerprint density at radius 1 is 1.27 bits per heavy atom. The maximum atomic E-state index is 11.0. The van der Waals surface area contributed by atoms with Gasteiger partial charge in [-0.2, -0.15) is 0 Å². The van der Waals surface area contributed by atoms with Gasteiger partial charge < -0.3 is 4.90 Å². The van der Waals surface area contributed by atoms with Gasteiger partial charge in [-0.15, -0.1) is 0 Å². The van der Waals surface area contributed by atoms with E-state index in [0.29, 0.717) is 17.5 Å². The zero-order valence-corrected chi connectivity index (χ0v) is 15.8. The summed E-state index contributed by atoms with van der Waals surface area (Å²) in [6.07, 6.45) is 1.90. The zero-order chi connectivity index (χ0) is 18.5. The second-order valence-electron chi connectivity index (χ2n) is 6.55. The molecule has 2 heterocycles. The van der Waals surface area contributed by atoms with E-state index in [1.807, 2.05) is 30.3 Å². The van der Waals surface area contributed by atoms with Crippen molar-refractivity contribution in [3.05, 3.63) is 62.0 Å². The molecule has 1 amide bonds. The van der Waals surface area contributed by atoms with Gasteiger partial charge in [-0.05, 0) is 36.1 Å². The summed E-state index contributed by atoms with van der Waals surface area (Å²) in [4.78, 5) is 26.6. The molecule has 0 spiro atoms. The number of hydrogen-bond acceptors (Lipinski definition) is 5. The highest BCUT2D eigenvalue weighted by Crippen LogP contribution is 2.27. The molecular weight excluding hydrogens is 374 g/mol. The van der Waals surface area contributed by atoms with E-state index in [1.165, 1.54) is 11.3 Å². The Hall–Kier alpha value is -1.96. The Morgan fingerprint density at radius 2 is 2.04 bits per heavy atom. The first-order chi connectivity index (χ1) is 12.5. The number of nitro groups is 1. The minimum absolute atomic E-state index is 0.166. The number of carbonyl (C=O) groups excluding carboxylic acids is 1. The van der Waals surface area contributed by atoms with Gasteiger partial charge in [-0.1, -0.05) is 35.1 Å². The largest absolute Gasteiger partial charge is 0.345 e. The van der Waals surface area contributed by atoms with Crippen molar-refractivity contribution in [2.75, 3.05) is 19.6 Å². The van der Waals surface area contributed by atoms with Gasteiger partial charge in [0.05, 0.1) is 4.92 Å². The average molecular weight is 394 g/mol. The number of nitrogens with zero attached hydrogens (tertiary/aromatic N) is 3. The predicted molar refractivity (Wildman–Crippen MR) is 102 cm³/mol. The highest BCUT2D eigenvalue weighted by atomic mass is 35.5. The summed E-state index contributed by atoms with van der Waals surface area (Å²) in [6.45, 7) is 3.80. The molecule has 26 heavy (non-hydrogen) atoms. The lowest BCUT2D eigenvalue weighted by Gasteiger charge is -2.25. The van der Waals surface area contributed by atoms with Gasteiger partial charge >= 0.3 is 5.00 Å². The predicted octanol–water partition coefficient (Wildman–Crippen LogP) is 3.79. The molecule has 1 fully saturated rings. The quantitative estimate of drug-likeness (QED) is 0.389. The van der Waals surface area contributed by atoms with Crippen molar-refractivity contribution >= 4 is 34.3 Å². The summed E-state index contributed by atoms with van der Waals surface area (Å²) in [6, 6.07) is 11.1. The molecular formula is C18H20ClN3O3S. The Bertz CT molecular complexity index is 765. The van der Waals surface area contributed by atoms with E-state index in [0.717, 1.165) is 49.5 Å². The number of carbonyl (C=O) groups is 1. The van der Waals surface area contributed by atoms with Crippen LogP contribution >= 0.6 is 22.9 Å². The topological polar surface area (TPSA) is 66.7 Å². The maximum absolute atomic E-state index is 11.0. The fraction of sp³-hybridized carbons (Fsp3) is 0.389. The summed E-state index contributed by atoms with van der Waals surface area (Å²) in [5, 5.41) is 11.8. The van der Waals surface area contributed by atoms with Gasteiger partial charge in [-0.25, -0.2) is 0 Å². The number of halogens is 1. The van der Waals surface area contributed by atoms with Crippen molar-refractivity contribution in [1.82, 2.24) is 9.80 Å². The van der Waals surface area contributed by atoms with E-state index >= 15 is 0 Å². The molecule has 0 N–H and O–H groups in total. The second kappa shape index (κ2) is 8.62. The molecule has 138 valence electrons. The molecule has 0 bridgehead atoms. The first kappa shape index (κ1) is 18.8. The summed E-state index contributed by atoms with van der Waals surface area (Å²) in [5.74, 6) is 0.419. The lowest BCUT2D eigenvalue weighted by Crippen LogP contribution is -2.30. The van der Waals surface area contributed by atoms with Gasteiger partial charge in [0, 0.05) is 48.7 Å². The number of benzene rings is 1. The molecule has 0 saturated carbocycles. The summed E-state index contributed by atoms with van der Waals surface area (Å²) >= 11 is 7.18.